The molecule has 0 saturated heterocycles. The van der Waals surface area contributed by atoms with Crippen molar-refractivity contribution in [2.75, 3.05) is 7.11 Å². The molecule has 1 heterocycles. The van der Waals surface area contributed by atoms with Crippen molar-refractivity contribution in [1.29, 1.82) is 0 Å². The van der Waals surface area contributed by atoms with Crippen LogP contribution in [0.1, 0.15) is 0 Å². The van der Waals surface area contributed by atoms with Crippen LogP contribution in [0.15, 0.2) is 10.1 Å². The minimum absolute atomic E-state index is 0.808. The van der Waals surface area contributed by atoms with Crippen molar-refractivity contribution >= 4 is 23.1 Å². The lowest BCUT2D eigenvalue weighted by molar-refractivity contribution is -0.531. The first-order valence-corrected chi connectivity index (χ1v) is 3.77. The topological polar surface area (TPSA) is 108 Å². The summed E-state index contributed by atoms with van der Waals surface area (Å²) in [5.41, 5.74) is 1.64. The fraction of sp³-hybridized carbons (Fsp3) is 0.333. The van der Waals surface area contributed by atoms with Crippen molar-refractivity contribution in [3.63, 3.8) is 0 Å². The average Bonchev–Trinajstić information content (AvgIpc) is 2.41. The lowest BCUT2D eigenvalue weighted by atomic mass is 11.3. The van der Waals surface area contributed by atoms with Gasteiger partial charge < -0.3 is 4.55 Å². The number of aliphatic imine (C=N–C) groups is 1. The van der Waals surface area contributed by atoms with E-state index in [2.05, 4.69) is 14.3 Å². The molecule has 11 heavy (non-hydrogen) atoms. The summed E-state index contributed by atoms with van der Waals surface area (Å²) >= 11 is 0. The quantitative estimate of drug-likeness (QED) is 0.277. The van der Waals surface area contributed by atoms with Crippen LogP contribution in [0.5, 0.6) is 0 Å². The van der Waals surface area contributed by atoms with Crippen molar-refractivity contribution in [3.05, 3.63) is 0 Å². The first kappa shape index (κ1) is 10.2. The fourth-order valence-corrected chi connectivity index (χ4v) is 0.192. The van der Waals surface area contributed by atoms with Gasteiger partial charge >= 0.3 is 0 Å². The molecule has 8 heteroatoms. The second kappa shape index (κ2) is 4.91. The molecule has 7 nitrogen and oxygen atoms in total. The fourth-order valence-electron chi connectivity index (χ4n) is 0.192. The van der Waals surface area contributed by atoms with E-state index in [-0.39, 0.29) is 0 Å². The van der Waals surface area contributed by atoms with E-state index in [9.17, 15) is 13.0 Å². The Balaban J connectivity index is 0.000000183. The summed E-state index contributed by atoms with van der Waals surface area (Å²) in [4.78, 5) is 3.61. The average molecular weight is 181 g/mol. The smallest absolute Gasteiger partial charge is 0.217 e. The van der Waals surface area contributed by atoms with Gasteiger partial charge in [-0.15, -0.1) is 0 Å². The number of rotatable bonds is 1. The Kier molecular flexibility index (Phi) is 4.54. The van der Waals surface area contributed by atoms with Crippen LogP contribution >= 0.6 is 0 Å². The molecule has 64 valence electrons. The molecule has 0 aromatic carbocycles. The summed E-state index contributed by atoms with van der Waals surface area (Å²) in [6.07, 6.45) is 3.14. The maximum atomic E-state index is 9.22. The van der Waals surface area contributed by atoms with E-state index >= 15 is 0 Å². The van der Waals surface area contributed by atoms with Crippen LogP contribution in [0.3, 0.4) is 0 Å². The van der Waals surface area contributed by atoms with Crippen LogP contribution in [-0.2, 0) is 14.6 Å². The van der Waals surface area contributed by atoms with Gasteiger partial charge in [-0.1, -0.05) is 5.10 Å². The summed E-state index contributed by atoms with van der Waals surface area (Å²) in [6.45, 7) is 0. The number of nitrogens with zero attached hydrogens (tertiary/aromatic N) is 2. The molecule has 0 saturated carbocycles. The van der Waals surface area contributed by atoms with Crippen molar-refractivity contribution < 1.29 is 22.6 Å². The van der Waals surface area contributed by atoms with E-state index < -0.39 is 10.4 Å². The zero-order valence-electron chi connectivity index (χ0n) is 5.67. The van der Waals surface area contributed by atoms with Gasteiger partial charge in [-0.05, 0) is 0 Å². The Morgan fingerprint density at radius 1 is 1.64 bits per heavy atom. The molecule has 2 N–H and O–H groups in total. The van der Waals surface area contributed by atoms with E-state index in [0.717, 1.165) is 7.11 Å². The molecule has 0 fully saturated rings. The lowest BCUT2D eigenvalue weighted by Gasteiger charge is -1.98. The molecule has 0 spiro atoms. The summed E-state index contributed by atoms with van der Waals surface area (Å²) in [6, 6.07) is 0. The molecule has 1 rings (SSSR count). The van der Waals surface area contributed by atoms with Gasteiger partial charge in [-0.25, -0.2) is 8.42 Å². The maximum Gasteiger partial charge on any atom is 0.217 e. The van der Waals surface area contributed by atoms with E-state index in [1.165, 1.54) is 6.34 Å². The Hall–Kier alpha value is -0.830. The molecule has 1 aliphatic rings. The van der Waals surface area contributed by atoms with Gasteiger partial charge in [0.25, 0.3) is 0 Å². The standard InChI is InChI=1S/C2H3N3.CH4O4S/c1-3-2-5-4-1;1-5-6(2,3)4/h1-2H,(H,3,4,5);1H3,(H,2,3,4). The zero-order valence-corrected chi connectivity index (χ0v) is 6.48. The van der Waals surface area contributed by atoms with E-state index in [0.29, 0.717) is 0 Å². The van der Waals surface area contributed by atoms with E-state index in [4.69, 9.17) is 0 Å². The molecule has 0 atom stereocenters. The number of hydrogen-bond donors (Lipinski definition) is 1. The third kappa shape index (κ3) is 9.17. The SMILES string of the molecule is C1=NC=N[NH2+]1.COS(=O)(=O)[O-]. The minimum atomic E-state index is -4.41. The second-order valence-electron chi connectivity index (χ2n) is 1.29. The van der Waals surface area contributed by atoms with Gasteiger partial charge in [0.15, 0.2) is 6.34 Å². The van der Waals surface area contributed by atoms with Crippen LogP contribution in [0.4, 0.5) is 0 Å². The summed E-state index contributed by atoms with van der Waals surface area (Å²) < 4.78 is 31.0. The van der Waals surface area contributed by atoms with Crippen LogP contribution in [0.2, 0.25) is 0 Å². The number of nitrogens with two attached hydrogens (primary N) is 1. The van der Waals surface area contributed by atoms with Crippen molar-refractivity contribution in [2.24, 2.45) is 10.1 Å². The van der Waals surface area contributed by atoms with Gasteiger partial charge in [0, 0.05) is 0 Å². The molecule has 0 unspecified atom stereocenters. The third-order valence-electron chi connectivity index (χ3n) is 0.576. The highest BCUT2D eigenvalue weighted by Crippen LogP contribution is 1.74. The largest absolute Gasteiger partial charge is 0.726 e. The zero-order chi connectivity index (χ0) is 8.74. The highest BCUT2D eigenvalue weighted by atomic mass is 32.3. The Morgan fingerprint density at radius 3 is 2.27 bits per heavy atom. The molecular weight excluding hydrogens is 174 g/mol. The maximum absolute atomic E-state index is 9.22. The second-order valence-corrected chi connectivity index (χ2v) is 2.44. The summed E-state index contributed by atoms with van der Waals surface area (Å²) in [5.74, 6) is 0. The highest BCUT2D eigenvalue weighted by molar-refractivity contribution is 7.80. The molecule has 0 amide bonds. The summed E-state index contributed by atoms with van der Waals surface area (Å²) in [7, 11) is -3.60. The number of quaternary nitrogens is 1. The van der Waals surface area contributed by atoms with E-state index in [1.54, 1.807) is 11.8 Å². The van der Waals surface area contributed by atoms with Gasteiger partial charge in [0.05, 0.1) is 7.11 Å². The predicted octanol–water partition coefficient (Wildman–Crippen LogP) is -2.37. The normalized spacial score (nSPS) is 14.4. The lowest BCUT2D eigenvalue weighted by Crippen LogP contribution is -2.74. The molecular formula is C3H7N3O4S. The van der Waals surface area contributed by atoms with Crippen molar-refractivity contribution in [1.82, 2.24) is 0 Å². The molecule has 0 radical (unpaired) electrons. The van der Waals surface area contributed by atoms with Gasteiger partial charge in [-0.2, -0.15) is 10.4 Å². The Labute approximate surface area is 63.7 Å². The van der Waals surface area contributed by atoms with Crippen LogP contribution in [0.25, 0.3) is 0 Å². The third-order valence-corrected chi connectivity index (χ3v) is 0.985. The summed E-state index contributed by atoms with van der Waals surface area (Å²) in [5, 5.41) is 3.61. The predicted molar refractivity (Wildman–Crippen MR) is 35.6 cm³/mol. The first-order valence-electron chi connectivity index (χ1n) is 2.44. The molecule has 0 aliphatic carbocycles. The highest BCUT2D eigenvalue weighted by Gasteiger charge is 1.79. The van der Waals surface area contributed by atoms with Gasteiger partial charge in [-0.3, -0.25) is 4.18 Å². The minimum Gasteiger partial charge on any atom is -0.726 e. The van der Waals surface area contributed by atoms with Crippen LogP contribution in [-0.4, -0.2) is 32.8 Å². The Morgan fingerprint density at radius 2 is 2.18 bits per heavy atom. The van der Waals surface area contributed by atoms with Gasteiger partial charge in [0.2, 0.25) is 16.7 Å². The molecule has 1 aliphatic heterocycles. The molecule has 0 aromatic heterocycles. The molecule has 0 bridgehead atoms. The molecule has 0 aromatic rings. The first-order chi connectivity index (χ1) is 5.06. The Bertz CT molecular complexity index is 233. The van der Waals surface area contributed by atoms with E-state index in [1.807, 2.05) is 0 Å². The van der Waals surface area contributed by atoms with Gasteiger partial charge in [0.1, 0.15) is 0 Å². The van der Waals surface area contributed by atoms with Crippen LogP contribution in [0, 0.1) is 0 Å². The van der Waals surface area contributed by atoms with Crippen LogP contribution < -0.4 is 5.43 Å². The number of hydrogen-bond acceptors (Lipinski definition) is 6. The van der Waals surface area contributed by atoms with Crippen molar-refractivity contribution in [2.45, 2.75) is 0 Å². The monoisotopic (exact) mass is 181 g/mol. The van der Waals surface area contributed by atoms with Crippen molar-refractivity contribution in [3.8, 4) is 0 Å².